The van der Waals surface area contributed by atoms with Crippen LogP contribution >= 0.6 is 23.2 Å². The Bertz CT molecular complexity index is 839. The van der Waals surface area contributed by atoms with E-state index in [1.165, 1.54) is 0 Å². The Hall–Kier alpha value is -2.02. The van der Waals surface area contributed by atoms with Crippen LogP contribution in [0, 0.1) is 11.3 Å². The molecule has 3 aromatic rings. The number of fused-ring (bicyclic) bond motifs is 1. The van der Waals surface area contributed by atoms with Gasteiger partial charge >= 0.3 is 0 Å². The van der Waals surface area contributed by atoms with Crippen molar-refractivity contribution in [3.63, 3.8) is 0 Å². The molecule has 0 unspecified atom stereocenters. The fourth-order valence-electron chi connectivity index (χ4n) is 2.24. The summed E-state index contributed by atoms with van der Waals surface area (Å²) < 4.78 is 1.89. The lowest BCUT2D eigenvalue weighted by molar-refractivity contribution is 0.959. The van der Waals surface area contributed by atoms with Gasteiger partial charge in [-0.3, -0.25) is 0 Å². The standard InChI is InChI=1S/C15H9Cl2N3/c1-20-12-7-2-4-9(8-18)14(12)19-15(20)13-10(16)5-3-6-11(13)17/h2-7H,1H3. The Balaban J connectivity index is 2.39. The van der Waals surface area contributed by atoms with Crippen molar-refractivity contribution in [1.29, 1.82) is 5.26 Å². The van der Waals surface area contributed by atoms with Crippen LogP contribution in [-0.4, -0.2) is 9.55 Å². The van der Waals surface area contributed by atoms with Crippen LogP contribution in [0.4, 0.5) is 0 Å². The van der Waals surface area contributed by atoms with Crippen LogP contribution in [0.2, 0.25) is 10.0 Å². The summed E-state index contributed by atoms with van der Waals surface area (Å²) in [4.78, 5) is 4.55. The zero-order chi connectivity index (χ0) is 14.3. The maximum atomic E-state index is 9.16. The molecule has 0 aliphatic carbocycles. The van der Waals surface area contributed by atoms with E-state index in [0.29, 0.717) is 32.5 Å². The molecule has 0 saturated carbocycles. The van der Waals surface area contributed by atoms with Crippen molar-refractivity contribution in [1.82, 2.24) is 9.55 Å². The van der Waals surface area contributed by atoms with E-state index in [0.717, 1.165) is 5.52 Å². The first-order valence-electron chi connectivity index (χ1n) is 5.93. The second kappa shape index (κ2) is 4.82. The van der Waals surface area contributed by atoms with E-state index in [-0.39, 0.29) is 0 Å². The monoisotopic (exact) mass is 301 g/mol. The second-order valence-corrected chi connectivity index (χ2v) is 5.19. The molecule has 0 N–H and O–H groups in total. The Kier molecular flexibility index (Phi) is 3.13. The van der Waals surface area contributed by atoms with E-state index in [1.54, 1.807) is 24.3 Å². The van der Waals surface area contributed by atoms with Crippen molar-refractivity contribution in [2.24, 2.45) is 7.05 Å². The first-order valence-corrected chi connectivity index (χ1v) is 6.69. The summed E-state index contributed by atoms with van der Waals surface area (Å²) in [5, 5.41) is 10.2. The van der Waals surface area contributed by atoms with Crippen molar-refractivity contribution in [2.75, 3.05) is 0 Å². The number of benzene rings is 2. The SMILES string of the molecule is Cn1c(-c2c(Cl)cccc2Cl)nc2c(C#N)cccc21. The average Bonchev–Trinajstić information content (AvgIpc) is 2.76. The molecular weight excluding hydrogens is 293 g/mol. The normalized spacial score (nSPS) is 10.7. The van der Waals surface area contributed by atoms with Crippen LogP contribution in [0.1, 0.15) is 5.56 Å². The third-order valence-corrected chi connectivity index (χ3v) is 3.85. The van der Waals surface area contributed by atoms with Crippen molar-refractivity contribution < 1.29 is 0 Å². The topological polar surface area (TPSA) is 41.6 Å². The summed E-state index contributed by atoms with van der Waals surface area (Å²) in [7, 11) is 1.88. The molecule has 2 aromatic carbocycles. The molecule has 0 amide bonds. The van der Waals surface area contributed by atoms with Gasteiger partial charge in [0, 0.05) is 7.05 Å². The first-order chi connectivity index (χ1) is 9.63. The Labute approximate surface area is 126 Å². The molecule has 1 heterocycles. The maximum Gasteiger partial charge on any atom is 0.143 e. The molecule has 98 valence electrons. The quantitative estimate of drug-likeness (QED) is 0.667. The Morgan fingerprint density at radius 2 is 1.75 bits per heavy atom. The summed E-state index contributed by atoms with van der Waals surface area (Å²) in [6.45, 7) is 0. The molecule has 3 nitrogen and oxygen atoms in total. The van der Waals surface area contributed by atoms with Gasteiger partial charge in [0.05, 0.1) is 26.7 Å². The maximum absolute atomic E-state index is 9.16. The van der Waals surface area contributed by atoms with Gasteiger partial charge in [-0.05, 0) is 24.3 Å². The third kappa shape index (κ3) is 1.85. The fraction of sp³-hybridized carbons (Fsp3) is 0.0667. The molecule has 1 aromatic heterocycles. The lowest BCUT2D eigenvalue weighted by atomic mass is 10.2. The van der Waals surface area contributed by atoms with Crippen molar-refractivity contribution in [2.45, 2.75) is 0 Å². The highest BCUT2D eigenvalue weighted by Gasteiger charge is 2.17. The van der Waals surface area contributed by atoms with Crippen LogP contribution in [-0.2, 0) is 7.05 Å². The van der Waals surface area contributed by atoms with E-state index in [1.807, 2.05) is 23.7 Å². The number of rotatable bonds is 1. The van der Waals surface area contributed by atoms with Crippen molar-refractivity contribution >= 4 is 34.2 Å². The number of imidazole rings is 1. The van der Waals surface area contributed by atoms with E-state index in [4.69, 9.17) is 28.5 Å². The first kappa shape index (κ1) is 13.0. The third-order valence-electron chi connectivity index (χ3n) is 3.22. The molecular formula is C15H9Cl2N3. The number of aryl methyl sites for hydroxylation is 1. The lowest BCUT2D eigenvalue weighted by Gasteiger charge is -2.06. The van der Waals surface area contributed by atoms with Gasteiger partial charge in [-0.15, -0.1) is 0 Å². The van der Waals surface area contributed by atoms with Gasteiger partial charge in [-0.25, -0.2) is 4.98 Å². The largest absolute Gasteiger partial charge is 0.327 e. The molecule has 0 aliphatic rings. The van der Waals surface area contributed by atoms with E-state index in [9.17, 15) is 0 Å². The van der Waals surface area contributed by atoms with Crippen LogP contribution in [0.5, 0.6) is 0 Å². The molecule has 0 saturated heterocycles. The average molecular weight is 302 g/mol. The summed E-state index contributed by atoms with van der Waals surface area (Å²) >= 11 is 12.5. The minimum absolute atomic E-state index is 0.535. The summed E-state index contributed by atoms with van der Waals surface area (Å²) in [5.74, 6) is 0.651. The second-order valence-electron chi connectivity index (χ2n) is 4.38. The number of hydrogen-bond donors (Lipinski definition) is 0. The number of aromatic nitrogens is 2. The van der Waals surface area contributed by atoms with Crippen LogP contribution in [0.25, 0.3) is 22.4 Å². The predicted molar refractivity (Wildman–Crippen MR) is 80.9 cm³/mol. The molecule has 0 bridgehead atoms. The highest BCUT2D eigenvalue weighted by Crippen LogP contribution is 2.35. The summed E-state index contributed by atoms with van der Waals surface area (Å²) in [6, 6.07) is 13.0. The molecule has 0 aliphatic heterocycles. The summed E-state index contributed by atoms with van der Waals surface area (Å²) in [6.07, 6.45) is 0. The van der Waals surface area contributed by atoms with Gasteiger partial charge in [-0.1, -0.05) is 35.3 Å². The lowest BCUT2D eigenvalue weighted by Crippen LogP contribution is -1.93. The van der Waals surface area contributed by atoms with Gasteiger partial charge in [0.25, 0.3) is 0 Å². The van der Waals surface area contributed by atoms with Crippen molar-refractivity contribution in [3.8, 4) is 17.5 Å². The summed E-state index contributed by atoms with van der Waals surface area (Å²) in [5.41, 5.74) is 2.74. The Morgan fingerprint density at radius 3 is 2.40 bits per heavy atom. The molecule has 0 fully saturated rings. The van der Waals surface area contributed by atoms with Gasteiger partial charge in [0.15, 0.2) is 0 Å². The highest BCUT2D eigenvalue weighted by molar-refractivity contribution is 6.39. The fourth-order valence-corrected chi connectivity index (χ4v) is 2.81. The van der Waals surface area contributed by atoms with Crippen LogP contribution < -0.4 is 0 Å². The van der Waals surface area contributed by atoms with Gasteiger partial charge < -0.3 is 4.57 Å². The molecule has 5 heteroatoms. The predicted octanol–water partition coefficient (Wildman–Crippen LogP) is 4.42. The van der Waals surface area contributed by atoms with Gasteiger partial charge in [0.1, 0.15) is 17.4 Å². The number of nitrogens with zero attached hydrogens (tertiary/aromatic N) is 3. The molecule has 3 rings (SSSR count). The van der Waals surface area contributed by atoms with Crippen LogP contribution in [0.15, 0.2) is 36.4 Å². The van der Waals surface area contributed by atoms with Crippen LogP contribution in [0.3, 0.4) is 0 Å². The zero-order valence-electron chi connectivity index (χ0n) is 10.6. The van der Waals surface area contributed by atoms with Gasteiger partial charge in [-0.2, -0.15) is 5.26 Å². The highest BCUT2D eigenvalue weighted by atomic mass is 35.5. The zero-order valence-corrected chi connectivity index (χ0v) is 12.1. The number of nitriles is 1. The van der Waals surface area contributed by atoms with E-state index < -0.39 is 0 Å². The molecule has 20 heavy (non-hydrogen) atoms. The molecule has 0 atom stereocenters. The number of para-hydroxylation sites is 1. The molecule has 0 spiro atoms. The number of halogens is 2. The molecule has 0 radical (unpaired) electrons. The van der Waals surface area contributed by atoms with Crippen molar-refractivity contribution in [3.05, 3.63) is 52.0 Å². The van der Waals surface area contributed by atoms with E-state index >= 15 is 0 Å². The Morgan fingerprint density at radius 1 is 1.10 bits per heavy atom. The smallest absolute Gasteiger partial charge is 0.143 e. The van der Waals surface area contributed by atoms with E-state index in [2.05, 4.69) is 11.1 Å². The van der Waals surface area contributed by atoms with Gasteiger partial charge in [0.2, 0.25) is 0 Å². The number of hydrogen-bond acceptors (Lipinski definition) is 2. The minimum Gasteiger partial charge on any atom is -0.327 e. The minimum atomic E-state index is 0.535.